The molecular formula is C22H24N2O4. The number of rotatable bonds is 6. The van der Waals surface area contributed by atoms with Gasteiger partial charge in [0.05, 0.1) is 18.8 Å². The summed E-state index contributed by atoms with van der Waals surface area (Å²) in [5, 5.41) is 2.81. The molecule has 2 aromatic carbocycles. The van der Waals surface area contributed by atoms with E-state index >= 15 is 0 Å². The smallest absolute Gasteiger partial charge is 0.262 e. The van der Waals surface area contributed by atoms with Crippen molar-refractivity contribution in [3.8, 4) is 11.5 Å². The molecule has 0 aliphatic carbocycles. The summed E-state index contributed by atoms with van der Waals surface area (Å²) >= 11 is 0. The number of aryl methyl sites for hydroxylation is 1. The first kappa shape index (κ1) is 19.5. The second kappa shape index (κ2) is 8.17. The van der Waals surface area contributed by atoms with E-state index in [4.69, 9.17) is 9.47 Å². The van der Waals surface area contributed by atoms with Crippen molar-refractivity contribution >= 4 is 17.5 Å². The highest BCUT2D eigenvalue weighted by Crippen LogP contribution is 2.33. The van der Waals surface area contributed by atoms with Crippen LogP contribution in [0.4, 0.5) is 5.69 Å². The summed E-state index contributed by atoms with van der Waals surface area (Å²) in [6, 6.07) is 11.2. The first-order valence-corrected chi connectivity index (χ1v) is 9.06. The molecule has 146 valence electrons. The molecule has 0 radical (unpaired) electrons. The number of hydrogen-bond acceptors (Lipinski definition) is 4. The summed E-state index contributed by atoms with van der Waals surface area (Å²) in [7, 11) is 1.64. The lowest BCUT2D eigenvalue weighted by atomic mass is 10.0. The van der Waals surface area contributed by atoms with E-state index in [0.717, 1.165) is 22.4 Å². The minimum absolute atomic E-state index is 0.0137. The second-order valence-electron chi connectivity index (χ2n) is 6.74. The van der Waals surface area contributed by atoms with Gasteiger partial charge in [0.15, 0.2) is 6.61 Å². The Hall–Kier alpha value is -3.28. The van der Waals surface area contributed by atoms with Gasteiger partial charge in [-0.1, -0.05) is 24.8 Å². The van der Waals surface area contributed by atoms with Crippen LogP contribution in [0.2, 0.25) is 0 Å². The van der Waals surface area contributed by atoms with Crippen molar-refractivity contribution in [3.63, 3.8) is 0 Å². The monoisotopic (exact) mass is 380 g/mol. The highest BCUT2D eigenvalue weighted by molar-refractivity contribution is 5.95. The Labute approximate surface area is 164 Å². The zero-order chi connectivity index (χ0) is 20.3. The van der Waals surface area contributed by atoms with Gasteiger partial charge in [-0.25, -0.2) is 0 Å². The fourth-order valence-electron chi connectivity index (χ4n) is 3.30. The van der Waals surface area contributed by atoms with Gasteiger partial charge in [-0.05, 0) is 54.8 Å². The molecule has 3 rings (SSSR count). The van der Waals surface area contributed by atoms with Crippen molar-refractivity contribution in [1.29, 1.82) is 0 Å². The maximum absolute atomic E-state index is 12.6. The molecule has 2 amide bonds. The SMILES string of the molecule is C=CC(=O)N(Cc1ccc(OC)c(C)c1)C(C)c1ccc2c(c1)NC(=O)CO2. The number of carbonyl (C=O) groups excluding carboxylic acids is 2. The molecule has 1 aliphatic rings. The summed E-state index contributed by atoms with van der Waals surface area (Å²) in [4.78, 5) is 25.9. The van der Waals surface area contributed by atoms with Crippen LogP contribution in [-0.2, 0) is 16.1 Å². The predicted molar refractivity (Wildman–Crippen MR) is 107 cm³/mol. The fourth-order valence-corrected chi connectivity index (χ4v) is 3.30. The molecule has 1 unspecified atom stereocenters. The molecule has 0 fully saturated rings. The number of methoxy groups -OCH3 is 1. The highest BCUT2D eigenvalue weighted by Gasteiger charge is 2.23. The van der Waals surface area contributed by atoms with Crippen molar-refractivity contribution in [2.75, 3.05) is 19.0 Å². The lowest BCUT2D eigenvalue weighted by molar-refractivity contribution is -0.128. The molecule has 28 heavy (non-hydrogen) atoms. The minimum atomic E-state index is -0.225. The first-order valence-electron chi connectivity index (χ1n) is 9.06. The molecule has 0 saturated heterocycles. The predicted octanol–water partition coefficient (Wildman–Crippen LogP) is 3.61. The summed E-state index contributed by atoms with van der Waals surface area (Å²) in [5.74, 6) is 1.08. The van der Waals surface area contributed by atoms with Gasteiger partial charge < -0.3 is 19.7 Å². The number of fused-ring (bicyclic) bond motifs is 1. The number of nitrogens with one attached hydrogen (secondary N) is 1. The van der Waals surface area contributed by atoms with Crippen molar-refractivity contribution in [2.24, 2.45) is 0 Å². The van der Waals surface area contributed by atoms with Crippen LogP contribution in [0.5, 0.6) is 11.5 Å². The Morgan fingerprint density at radius 3 is 2.82 bits per heavy atom. The van der Waals surface area contributed by atoms with Crippen LogP contribution in [0, 0.1) is 6.92 Å². The van der Waals surface area contributed by atoms with Gasteiger partial charge in [0, 0.05) is 6.54 Å². The maximum atomic E-state index is 12.6. The highest BCUT2D eigenvalue weighted by atomic mass is 16.5. The minimum Gasteiger partial charge on any atom is -0.496 e. The number of ether oxygens (including phenoxy) is 2. The van der Waals surface area contributed by atoms with Crippen LogP contribution >= 0.6 is 0 Å². The molecule has 2 aromatic rings. The number of amides is 2. The lowest BCUT2D eigenvalue weighted by Crippen LogP contribution is -2.32. The molecule has 0 aromatic heterocycles. The van der Waals surface area contributed by atoms with Crippen molar-refractivity contribution < 1.29 is 19.1 Å². The molecule has 1 heterocycles. The van der Waals surface area contributed by atoms with E-state index in [9.17, 15) is 9.59 Å². The third-order valence-electron chi connectivity index (χ3n) is 4.86. The van der Waals surface area contributed by atoms with Gasteiger partial charge in [0.1, 0.15) is 11.5 Å². The lowest BCUT2D eigenvalue weighted by Gasteiger charge is -2.30. The second-order valence-corrected chi connectivity index (χ2v) is 6.74. The number of anilines is 1. The van der Waals surface area contributed by atoms with Crippen LogP contribution in [0.1, 0.15) is 29.7 Å². The van der Waals surface area contributed by atoms with Gasteiger partial charge >= 0.3 is 0 Å². The van der Waals surface area contributed by atoms with E-state index in [1.807, 2.05) is 50.2 Å². The summed E-state index contributed by atoms with van der Waals surface area (Å²) in [6.07, 6.45) is 1.32. The average molecular weight is 380 g/mol. The van der Waals surface area contributed by atoms with Crippen LogP contribution in [-0.4, -0.2) is 30.4 Å². The van der Waals surface area contributed by atoms with E-state index in [1.165, 1.54) is 6.08 Å². The van der Waals surface area contributed by atoms with E-state index in [-0.39, 0.29) is 24.5 Å². The zero-order valence-corrected chi connectivity index (χ0v) is 16.3. The van der Waals surface area contributed by atoms with E-state index in [1.54, 1.807) is 12.0 Å². The normalized spacial score (nSPS) is 13.6. The van der Waals surface area contributed by atoms with Crippen molar-refractivity contribution in [3.05, 3.63) is 65.7 Å². The van der Waals surface area contributed by atoms with Gasteiger partial charge in [-0.2, -0.15) is 0 Å². The Kier molecular flexibility index (Phi) is 5.68. The standard InChI is InChI=1S/C22H24N2O4/c1-5-22(26)24(12-16-6-8-19(27-4)14(2)10-16)15(3)17-7-9-20-18(11-17)23-21(25)13-28-20/h5-11,15H,1,12-13H2,2-4H3,(H,23,25). The number of hydrogen-bond donors (Lipinski definition) is 1. The molecule has 6 heteroatoms. The van der Waals surface area contributed by atoms with Gasteiger partial charge in [0.2, 0.25) is 5.91 Å². The first-order chi connectivity index (χ1) is 13.4. The number of carbonyl (C=O) groups is 2. The Balaban J connectivity index is 1.88. The number of benzene rings is 2. The van der Waals surface area contributed by atoms with Crippen molar-refractivity contribution in [1.82, 2.24) is 4.90 Å². The molecule has 0 saturated carbocycles. The molecule has 1 aliphatic heterocycles. The maximum Gasteiger partial charge on any atom is 0.262 e. The Morgan fingerprint density at radius 2 is 2.14 bits per heavy atom. The number of nitrogens with zero attached hydrogens (tertiary/aromatic N) is 1. The van der Waals surface area contributed by atoms with Crippen molar-refractivity contribution in [2.45, 2.75) is 26.4 Å². The van der Waals surface area contributed by atoms with E-state index in [2.05, 4.69) is 11.9 Å². The van der Waals surface area contributed by atoms with E-state index in [0.29, 0.717) is 18.0 Å². The summed E-state index contributed by atoms with van der Waals surface area (Å²) in [6.45, 7) is 8.00. The zero-order valence-electron chi connectivity index (χ0n) is 16.3. The van der Waals surface area contributed by atoms with Crippen LogP contribution in [0.15, 0.2) is 49.1 Å². The molecule has 1 N–H and O–H groups in total. The summed E-state index contributed by atoms with van der Waals surface area (Å²) in [5.41, 5.74) is 3.51. The van der Waals surface area contributed by atoms with Gasteiger partial charge in [-0.15, -0.1) is 0 Å². The van der Waals surface area contributed by atoms with E-state index < -0.39 is 0 Å². The Bertz CT molecular complexity index is 923. The fraction of sp³-hybridized carbons (Fsp3) is 0.273. The molecule has 1 atom stereocenters. The quantitative estimate of drug-likeness (QED) is 0.778. The van der Waals surface area contributed by atoms with Crippen LogP contribution in [0.25, 0.3) is 0 Å². The molecule has 0 spiro atoms. The molecular weight excluding hydrogens is 356 g/mol. The van der Waals surface area contributed by atoms with Gasteiger partial charge in [0.25, 0.3) is 5.91 Å². The largest absolute Gasteiger partial charge is 0.496 e. The van der Waals surface area contributed by atoms with Gasteiger partial charge in [-0.3, -0.25) is 9.59 Å². The van der Waals surface area contributed by atoms with Crippen LogP contribution < -0.4 is 14.8 Å². The Morgan fingerprint density at radius 1 is 1.36 bits per heavy atom. The average Bonchev–Trinajstić information content (AvgIpc) is 2.70. The third-order valence-corrected chi connectivity index (χ3v) is 4.86. The van der Waals surface area contributed by atoms with Crippen LogP contribution in [0.3, 0.4) is 0 Å². The third kappa shape index (κ3) is 4.01. The topological polar surface area (TPSA) is 67.9 Å². The molecule has 6 nitrogen and oxygen atoms in total. The summed E-state index contributed by atoms with van der Waals surface area (Å²) < 4.78 is 10.7. The molecule has 0 bridgehead atoms.